The molecule has 15 heavy (non-hydrogen) atoms. The maximum Gasteiger partial charge on any atom is 0.224 e. The molecule has 2 heterocycles. The van der Waals surface area contributed by atoms with Crippen LogP contribution in [-0.4, -0.2) is 9.97 Å². The number of thiophene rings is 1. The van der Waals surface area contributed by atoms with Gasteiger partial charge in [0.15, 0.2) is 0 Å². The quantitative estimate of drug-likeness (QED) is 0.859. The minimum Gasteiger partial charge on any atom is -0.364 e. The minimum atomic E-state index is 0.188. The fourth-order valence-electron chi connectivity index (χ4n) is 1.05. The van der Waals surface area contributed by atoms with E-state index in [1.165, 1.54) is 11.1 Å². The number of nitrogens with zero attached hydrogens (tertiary/aromatic N) is 2. The predicted molar refractivity (Wildman–Crippen MR) is 63.7 cm³/mol. The summed E-state index contributed by atoms with van der Waals surface area (Å²) in [6, 6.07) is 4.03. The molecular weight excluding hydrogens is 253 g/mol. The molecule has 0 atom stereocenters. The van der Waals surface area contributed by atoms with Gasteiger partial charge in [0.2, 0.25) is 5.28 Å². The lowest BCUT2D eigenvalue weighted by Gasteiger charge is -2.05. The fraction of sp³-hybridized carbons (Fsp3) is 0.111. The predicted octanol–water partition coefficient (Wildman–Crippen LogP) is 3.46. The van der Waals surface area contributed by atoms with E-state index in [1.807, 2.05) is 17.5 Å². The molecule has 0 spiro atoms. The third-order valence-corrected chi connectivity index (χ3v) is 3.06. The van der Waals surface area contributed by atoms with E-state index in [-0.39, 0.29) is 5.28 Å². The maximum absolute atomic E-state index is 5.89. The Morgan fingerprint density at radius 3 is 3.00 bits per heavy atom. The molecule has 0 aliphatic rings. The molecule has 0 saturated carbocycles. The van der Waals surface area contributed by atoms with Gasteiger partial charge in [-0.15, -0.1) is 11.3 Å². The largest absolute Gasteiger partial charge is 0.364 e. The van der Waals surface area contributed by atoms with Crippen molar-refractivity contribution in [3.05, 3.63) is 38.9 Å². The summed E-state index contributed by atoms with van der Waals surface area (Å²) < 4.78 is 0. The number of hydrogen-bond acceptors (Lipinski definition) is 4. The number of hydrogen-bond donors (Lipinski definition) is 1. The first-order valence-electron chi connectivity index (χ1n) is 4.20. The Morgan fingerprint density at radius 2 is 2.27 bits per heavy atom. The number of anilines is 1. The van der Waals surface area contributed by atoms with Gasteiger partial charge in [0.05, 0.1) is 12.7 Å². The van der Waals surface area contributed by atoms with Gasteiger partial charge in [0.1, 0.15) is 10.8 Å². The molecule has 6 heteroatoms. The molecule has 0 fully saturated rings. The van der Waals surface area contributed by atoms with E-state index in [1.54, 1.807) is 11.3 Å². The molecule has 0 aromatic carbocycles. The van der Waals surface area contributed by atoms with E-state index in [2.05, 4.69) is 15.3 Å². The van der Waals surface area contributed by atoms with Crippen LogP contribution in [0.15, 0.2) is 23.7 Å². The van der Waals surface area contributed by atoms with Crippen molar-refractivity contribution in [3.63, 3.8) is 0 Å². The molecule has 2 aromatic heterocycles. The molecule has 2 aromatic rings. The maximum atomic E-state index is 5.89. The molecule has 78 valence electrons. The zero-order valence-corrected chi connectivity index (χ0v) is 9.90. The van der Waals surface area contributed by atoms with Crippen molar-refractivity contribution < 1.29 is 0 Å². The topological polar surface area (TPSA) is 37.8 Å². The average Bonchev–Trinajstić information content (AvgIpc) is 2.72. The first-order chi connectivity index (χ1) is 7.25. The first-order valence-corrected chi connectivity index (χ1v) is 5.83. The number of nitrogens with one attached hydrogen (secondary N) is 1. The summed E-state index contributed by atoms with van der Waals surface area (Å²) in [6.45, 7) is 0.685. The van der Waals surface area contributed by atoms with Crippen LogP contribution >= 0.6 is 34.5 Å². The van der Waals surface area contributed by atoms with E-state index >= 15 is 0 Å². The highest BCUT2D eigenvalue weighted by Crippen LogP contribution is 2.20. The van der Waals surface area contributed by atoms with Crippen LogP contribution in [0.3, 0.4) is 0 Å². The number of rotatable bonds is 3. The van der Waals surface area contributed by atoms with Crippen molar-refractivity contribution in [3.8, 4) is 0 Å². The van der Waals surface area contributed by atoms with Crippen LogP contribution in [-0.2, 0) is 6.54 Å². The van der Waals surface area contributed by atoms with E-state index in [0.717, 1.165) is 0 Å². The van der Waals surface area contributed by atoms with Crippen LogP contribution in [0.5, 0.6) is 0 Å². The first kappa shape index (κ1) is 10.7. The Labute approximate surface area is 101 Å². The van der Waals surface area contributed by atoms with Crippen LogP contribution in [0.2, 0.25) is 10.3 Å². The van der Waals surface area contributed by atoms with Crippen molar-refractivity contribution in [1.82, 2.24) is 9.97 Å². The zero-order valence-electron chi connectivity index (χ0n) is 7.58. The van der Waals surface area contributed by atoms with Gasteiger partial charge in [0.25, 0.3) is 0 Å². The van der Waals surface area contributed by atoms with Gasteiger partial charge < -0.3 is 5.32 Å². The Bertz CT molecular complexity index is 445. The Balaban J connectivity index is 2.07. The zero-order chi connectivity index (χ0) is 10.7. The van der Waals surface area contributed by atoms with Crippen LogP contribution in [0.25, 0.3) is 0 Å². The Hall–Kier alpha value is -0.840. The molecule has 0 amide bonds. The summed E-state index contributed by atoms with van der Waals surface area (Å²) in [5, 5.41) is 5.78. The molecule has 0 aliphatic carbocycles. The lowest BCUT2D eigenvalue weighted by molar-refractivity contribution is 1.10. The minimum absolute atomic E-state index is 0.188. The van der Waals surface area contributed by atoms with Crippen molar-refractivity contribution in [2.75, 3.05) is 5.32 Å². The van der Waals surface area contributed by atoms with Crippen LogP contribution < -0.4 is 5.32 Å². The van der Waals surface area contributed by atoms with Crippen molar-refractivity contribution in [2.45, 2.75) is 6.54 Å². The highest BCUT2D eigenvalue weighted by molar-refractivity contribution is 7.09. The molecule has 0 bridgehead atoms. The van der Waals surface area contributed by atoms with Gasteiger partial charge in [-0.25, -0.2) is 4.98 Å². The molecule has 0 radical (unpaired) electrons. The second-order valence-corrected chi connectivity index (χ2v) is 4.55. The number of aromatic nitrogens is 2. The van der Waals surface area contributed by atoms with Crippen molar-refractivity contribution in [1.29, 1.82) is 0 Å². The summed E-state index contributed by atoms with van der Waals surface area (Å²) in [6.07, 6.45) is 1.48. The van der Waals surface area contributed by atoms with Gasteiger partial charge in [-0.3, -0.25) is 0 Å². The van der Waals surface area contributed by atoms with E-state index in [4.69, 9.17) is 23.2 Å². The van der Waals surface area contributed by atoms with Crippen LogP contribution in [0.4, 0.5) is 5.82 Å². The van der Waals surface area contributed by atoms with Crippen LogP contribution in [0.1, 0.15) is 4.88 Å². The molecule has 0 aliphatic heterocycles. The summed E-state index contributed by atoms with van der Waals surface area (Å²) in [5.74, 6) is 0.560. The molecule has 1 N–H and O–H groups in total. The highest BCUT2D eigenvalue weighted by atomic mass is 35.5. The van der Waals surface area contributed by atoms with E-state index in [0.29, 0.717) is 17.4 Å². The summed E-state index contributed by atoms with van der Waals surface area (Å²) in [4.78, 5) is 8.97. The number of halogens is 2. The van der Waals surface area contributed by atoms with Gasteiger partial charge in [-0.05, 0) is 23.0 Å². The van der Waals surface area contributed by atoms with Crippen molar-refractivity contribution >= 4 is 40.4 Å². The normalized spacial score (nSPS) is 10.3. The van der Waals surface area contributed by atoms with Crippen LogP contribution in [0, 0.1) is 0 Å². The van der Waals surface area contributed by atoms with E-state index < -0.39 is 0 Å². The summed E-state index contributed by atoms with van der Waals surface area (Å²) in [5.41, 5.74) is 0. The van der Waals surface area contributed by atoms with Gasteiger partial charge in [0, 0.05) is 4.88 Å². The molecule has 0 unspecified atom stereocenters. The lowest BCUT2D eigenvalue weighted by Crippen LogP contribution is -2.01. The SMILES string of the molecule is Clc1ncc(Cl)c(NCc2cccs2)n1. The fourth-order valence-corrected chi connectivity index (χ4v) is 1.99. The second-order valence-electron chi connectivity index (χ2n) is 2.77. The summed E-state index contributed by atoms with van der Waals surface area (Å²) >= 11 is 13.2. The molecule has 2 rings (SSSR count). The standard InChI is InChI=1S/C9H7Cl2N3S/c10-7-5-13-9(11)14-8(7)12-4-6-2-1-3-15-6/h1-3,5H,4H2,(H,12,13,14). The molecule has 0 saturated heterocycles. The smallest absolute Gasteiger partial charge is 0.224 e. The monoisotopic (exact) mass is 259 g/mol. The highest BCUT2D eigenvalue weighted by Gasteiger charge is 2.03. The Kier molecular flexibility index (Phi) is 3.41. The van der Waals surface area contributed by atoms with Gasteiger partial charge in [-0.1, -0.05) is 17.7 Å². The van der Waals surface area contributed by atoms with Crippen molar-refractivity contribution in [2.24, 2.45) is 0 Å². The van der Waals surface area contributed by atoms with Gasteiger partial charge in [-0.2, -0.15) is 4.98 Å². The molecule has 3 nitrogen and oxygen atoms in total. The average molecular weight is 260 g/mol. The lowest BCUT2D eigenvalue weighted by atomic mass is 10.4. The van der Waals surface area contributed by atoms with E-state index in [9.17, 15) is 0 Å². The second kappa shape index (κ2) is 4.79. The third kappa shape index (κ3) is 2.81. The molecular formula is C9H7Cl2N3S. The van der Waals surface area contributed by atoms with Gasteiger partial charge >= 0.3 is 0 Å². The third-order valence-electron chi connectivity index (χ3n) is 1.72. The Morgan fingerprint density at radius 1 is 1.40 bits per heavy atom. The summed E-state index contributed by atoms with van der Waals surface area (Å²) in [7, 11) is 0.